The van der Waals surface area contributed by atoms with E-state index in [1.54, 1.807) is 0 Å². The van der Waals surface area contributed by atoms with Gasteiger partial charge in [0.1, 0.15) is 0 Å². The Hall–Kier alpha value is -6.88. The monoisotopic (exact) mass is 610 g/mol. The molecule has 0 aliphatic rings. The van der Waals surface area contributed by atoms with Gasteiger partial charge in [-0.25, -0.2) is 9.69 Å². The van der Waals surface area contributed by atoms with Crippen molar-refractivity contribution in [3.63, 3.8) is 0 Å². The van der Waals surface area contributed by atoms with Crippen molar-refractivity contribution in [1.82, 2.24) is 9.13 Å². The Labute approximate surface area is 277 Å². The van der Waals surface area contributed by atoms with Gasteiger partial charge in [-0.3, -0.25) is 0 Å². The Balaban J connectivity index is 1.30. The van der Waals surface area contributed by atoms with E-state index in [-0.39, 0.29) is 0 Å². The molecule has 0 radical (unpaired) electrons. The van der Waals surface area contributed by atoms with Gasteiger partial charge in [-0.15, -0.1) is 0 Å². The van der Waals surface area contributed by atoms with Crippen LogP contribution < -0.4 is 0 Å². The van der Waals surface area contributed by atoms with Crippen LogP contribution in [0.15, 0.2) is 158 Å². The highest BCUT2D eigenvalue weighted by atomic mass is 15.0. The number of rotatable bonds is 4. The number of nitrogens with zero attached hydrogens (tertiary/aromatic N) is 4. The molecule has 9 rings (SSSR count). The maximum absolute atomic E-state index is 8.24. The van der Waals surface area contributed by atoms with E-state index in [4.69, 9.17) is 13.1 Å². The fraction of sp³-hybridized carbons (Fsp3) is 0. The first-order valence-corrected chi connectivity index (χ1v) is 15.9. The van der Waals surface area contributed by atoms with E-state index in [9.17, 15) is 0 Å². The number of fused-ring (bicyclic) bond motifs is 6. The van der Waals surface area contributed by atoms with E-state index in [0.717, 1.165) is 77.2 Å². The van der Waals surface area contributed by atoms with Crippen LogP contribution in [0.2, 0.25) is 0 Å². The van der Waals surface area contributed by atoms with Crippen LogP contribution in [-0.4, -0.2) is 9.13 Å². The molecule has 0 unspecified atom stereocenters. The quantitative estimate of drug-likeness (QED) is 0.177. The second kappa shape index (κ2) is 10.9. The van der Waals surface area contributed by atoms with Crippen LogP contribution in [0.4, 0.5) is 11.4 Å². The molecule has 0 fully saturated rings. The van der Waals surface area contributed by atoms with E-state index >= 15 is 0 Å². The predicted octanol–water partition coefficient (Wildman–Crippen LogP) is 12.3. The van der Waals surface area contributed by atoms with E-state index < -0.39 is 0 Å². The zero-order valence-corrected chi connectivity index (χ0v) is 25.8. The second-order valence-electron chi connectivity index (χ2n) is 11.9. The van der Waals surface area contributed by atoms with Gasteiger partial charge < -0.3 is 9.13 Å². The molecule has 0 bridgehead atoms. The molecule has 0 atom stereocenters. The summed E-state index contributed by atoms with van der Waals surface area (Å²) >= 11 is 0. The predicted molar refractivity (Wildman–Crippen MR) is 199 cm³/mol. The van der Waals surface area contributed by atoms with Gasteiger partial charge in [-0.1, -0.05) is 127 Å². The van der Waals surface area contributed by atoms with Gasteiger partial charge in [0.05, 0.1) is 40.9 Å². The average molecular weight is 611 g/mol. The van der Waals surface area contributed by atoms with E-state index in [2.05, 4.69) is 152 Å². The second-order valence-corrected chi connectivity index (χ2v) is 11.9. The highest BCUT2D eigenvalue weighted by Gasteiger charge is 2.21. The smallest absolute Gasteiger partial charge is 0.211 e. The van der Waals surface area contributed by atoms with Gasteiger partial charge >= 0.3 is 0 Å². The number of benzene rings is 7. The van der Waals surface area contributed by atoms with Crippen molar-refractivity contribution in [1.29, 1.82) is 0 Å². The molecule has 2 aromatic heterocycles. The van der Waals surface area contributed by atoms with Crippen LogP contribution >= 0.6 is 0 Å². The average Bonchev–Trinajstić information content (AvgIpc) is 3.68. The first kappa shape index (κ1) is 27.4. The summed E-state index contributed by atoms with van der Waals surface area (Å²) in [7, 11) is 0. The van der Waals surface area contributed by atoms with Crippen molar-refractivity contribution in [3.05, 3.63) is 181 Å². The Morgan fingerprint density at radius 2 is 0.896 bits per heavy atom. The lowest BCUT2D eigenvalue weighted by atomic mass is 9.92. The van der Waals surface area contributed by atoms with Crippen LogP contribution in [0, 0.1) is 13.1 Å². The van der Waals surface area contributed by atoms with E-state index in [1.165, 1.54) is 0 Å². The lowest BCUT2D eigenvalue weighted by molar-refractivity contribution is 1.18. The molecule has 4 nitrogen and oxygen atoms in total. The molecule has 4 heteroatoms. The fourth-order valence-electron chi connectivity index (χ4n) is 7.38. The van der Waals surface area contributed by atoms with Gasteiger partial charge in [0, 0.05) is 21.8 Å². The first-order chi connectivity index (χ1) is 23.8. The van der Waals surface area contributed by atoms with Gasteiger partial charge in [0.15, 0.2) is 0 Å². The molecule has 7 aromatic carbocycles. The van der Waals surface area contributed by atoms with Crippen molar-refractivity contribution in [2.45, 2.75) is 0 Å². The third-order valence-corrected chi connectivity index (χ3v) is 9.37. The third-order valence-electron chi connectivity index (χ3n) is 9.37. The van der Waals surface area contributed by atoms with E-state index in [1.807, 2.05) is 24.3 Å². The van der Waals surface area contributed by atoms with Crippen LogP contribution in [0.1, 0.15) is 0 Å². The molecule has 0 saturated heterocycles. The SMILES string of the molecule is [C-]#[N+]c1cccc(-c2ccccc2-c2cccc(-n3c4ccccc4c4cccc([N+]#[C-])c43)c2)c1-n1c2ccccc2c2ccccc21. The molecule has 0 spiro atoms. The molecule has 2 heterocycles. The van der Waals surface area contributed by atoms with E-state index in [0.29, 0.717) is 11.4 Å². The maximum atomic E-state index is 8.24. The minimum Gasteiger partial charge on any atom is -0.319 e. The van der Waals surface area contributed by atoms with Crippen molar-refractivity contribution in [2.75, 3.05) is 0 Å². The highest BCUT2D eigenvalue weighted by Crippen LogP contribution is 2.44. The van der Waals surface area contributed by atoms with Crippen molar-refractivity contribution in [2.24, 2.45) is 0 Å². The highest BCUT2D eigenvalue weighted by molar-refractivity contribution is 6.13. The summed E-state index contributed by atoms with van der Waals surface area (Å²) in [5.41, 5.74) is 11.3. The molecule has 0 amide bonds. The van der Waals surface area contributed by atoms with Crippen LogP contribution in [0.5, 0.6) is 0 Å². The maximum Gasteiger partial charge on any atom is 0.211 e. The summed E-state index contributed by atoms with van der Waals surface area (Å²) < 4.78 is 4.47. The number of para-hydroxylation sites is 5. The largest absolute Gasteiger partial charge is 0.319 e. The summed E-state index contributed by atoms with van der Waals surface area (Å²) in [5, 5.41) is 4.50. The zero-order chi connectivity index (χ0) is 32.2. The van der Waals surface area contributed by atoms with Crippen LogP contribution in [0.3, 0.4) is 0 Å². The Kier molecular flexibility index (Phi) is 6.22. The van der Waals surface area contributed by atoms with Gasteiger partial charge in [-0.2, -0.15) is 0 Å². The minimum atomic E-state index is 0.597. The summed E-state index contributed by atoms with van der Waals surface area (Å²) in [6.45, 7) is 16.2. The van der Waals surface area contributed by atoms with Crippen molar-refractivity contribution >= 4 is 55.0 Å². The molecule has 222 valence electrons. The summed E-state index contributed by atoms with van der Waals surface area (Å²) in [5.74, 6) is 0. The lowest BCUT2D eigenvalue weighted by Crippen LogP contribution is -1.99. The molecule has 0 aliphatic carbocycles. The third kappa shape index (κ3) is 4.01. The molecular formula is C44H26N4. The molecule has 0 N–H and O–H groups in total. The Morgan fingerprint density at radius 1 is 0.396 bits per heavy atom. The summed E-state index contributed by atoms with van der Waals surface area (Å²) in [6, 6.07) is 54.2. The molecule has 0 saturated carbocycles. The van der Waals surface area contributed by atoms with Crippen LogP contribution in [0.25, 0.3) is 86.9 Å². The van der Waals surface area contributed by atoms with Crippen LogP contribution in [-0.2, 0) is 0 Å². The minimum absolute atomic E-state index is 0.597. The number of hydrogen-bond donors (Lipinski definition) is 0. The topological polar surface area (TPSA) is 18.6 Å². The van der Waals surface area contributed by atoms with Gasteiger partial charge in [0.25, 0.3) is 0 Å². The molecule has 48 heavy (non-hydrogen) atoms. The molecule has 9 aromatic rings. The van der Waals surface area contributed by atoms with Gasteiger partial charge in [0.2, 0.25) is 11.4 Å². The Morgan fingerprint density at radius 3 is 1.58 bits per heavy atom. The zero-order valence-electron chi connectivity index (χ0n) is 25.8. The number of hydrogen-bond acceptors (Lipinski definition) is 0. The van der Waals surface area contributed by atoms with Gasteiger partial charge in [-0.05, 0) is 58.0 Å². The summed E-state index contributed by atoms with van der Waals surface area (Å²) in [4.78, 5) is 7.96. The fourth-order valence-corrected chi connectivity index (χ4v) is 7.38. The lowest BCUT2D eigenvalue weighted by Gasteiger charge is -2.19. The normalized spacial score (nSPS) is 11.3. The number of aromatic nitrogens is 2. The van der Waals surface area contributed by atoms with Crippen molar-refractivity contribution in [3.8, 4) is 33.6 Å². The molecule has 0 aliphatic heterocycles. The Bertz CT molecular complexity index is 2760. The summed E-state index contributed by atoms with van der Waals surface area (Å²) in [6.07, 6.45) is 0. The van der Waals surface area contributed by atoms with Crippen molar-refractivity contribution < 1.29 is 0 Å². The standard InChI is InChI=1S/C44H26N4/c1-45-38-23-13-22-37-35-20-7-8-25-40(35)47(43(37)38)30-15-11-14-29(28-30)31-16-3-4-17-32(31)36-21-12-24-39(46-2)44(36)48-41-26-9-5-18-33(41)34-19-6-10-27-42(34)48/h3-28H. The molecular weight excluding hydrogens is 585 g/mol. The first-order valence-electron chi connectivity index (χ1n) is 15.9.